The van der Waals surface area contributed by atoms with Gasteiger partial charge in [0, 0.05) is 32.0 Å². The van der Waals surface area contributed by atoms with Crippen molar-refractivity contribution in [1.29, 1.82) is 0 Å². The summed E-state index contributed by atoms with van der Waals surface area (Å²) >= 11 is 11.7. The van der Waals surface area contributed by atoms with Gasteiger partial charge in [-0.3, -0.25) is 5.43 Å². The zero-order valence-corrected chi connectivity index (χ0v) is 17.0. The minimum Gasteiger partial charge on any atom is -0.378 e. The van der Waals surface area contributed by atoms with E-state index in [2.05, 4.69) is 36.0 Å². The summed E-state index contributed by atoms with van der Waals surface area (Å²) in [5.74, 6) is 1.05. The number of rotatable bonds is 4. The minimum absolute atomic E-state index is 0.174. The van der Waals surface area contributed by atoms with Crippen LogP contribution >= 0.6 is 23.2 Å². The van der Waals surface area contributed by atoms with Crippen LogP contribution in [0.15, 0.2) is 24.4 Å². The molecule has 1 saturated heterocycles. The Morgan fingerprint density at radius 1 is 1.14 bits per heavy atom. The molecule has 3 N–H and O–H groups in total. The molecule has 1 fully saturated rings. The number of anilines is 3. The van der Waals surface area contributed by atoms with Crippen LogP contribution in [0.25, 0.3) is 11.0 Å². The van der Waals surface area contributed by atoms with Gasteiger partial charge in [0.15, 0.2) is 0 Å². The number of carbonyl (C=O) groups is 1. The number of amides is 2. The molecule has 4 heterocycles. The van der Waals surface area contributed by atoms with Crippen LogP contribution in [-0.4, -0.2) is 51.9 Å². The molecule has 2 amide bonds. The summed E-state index contributed by atoms with van der Waals surface area (Å²) in [5.41, 5.74) is 6.41. The van der Waals surface area contributed by atoms with Crippen molar-refractivity contribution < 1.29 is 9.53 Å². The number of hydrogen-bond acceptors (Lipinski definition) is 7. The van der Waals surface area contributed by atoms with Crippen LogP contribution in [0.1, 0.15) is 0 Å². The predicted molar refractivity (Wildman–Crippen MR) is 112 cm³/mol. The molecule has 12 heteroatoms. The quantitative estimate of drug-likeness (QED) is 0.425. The number of halogens is 2. The normalized spacial score (nSPS) is 14.1. The van der Waals surface area contributed by atoms with Gasteiger partial charge >= 0.3 is 6.03 Å². The zero-order chi connectivity index (χ0) is 20.4. The third kappa shape index (κ3) is 4.44. The number of aryl methyl sites for hydroxylation is 1. The molecular formula is C17H18Cl2N8O2. The first-order valence-corrected chi connectivity index (χ1v) is 9.57. The number of nitrogens with one attached hydrogen (secondary N) is 3. The third-order valence-electron chi connectivity index (χ3n) is 4.32. The molecule has 0 bridgehead atoms. The molecule has 0 aliphatic carbocycles. The summed E-state index contributed by atoms with van der Waals surface area (Å²) in [6, 6.07) is 4.40. The molecule has 0 saturated carbocycles. The highest BCUT2D eigenvalue weighted by atomic mass is 35.5. The van der Waals surface area contributed by atoms with Crippen molar-refractivity contribution in [3.8, 4) is 0 Å². The second-order valence-corrected chi connectivity index (χ2v) is 7.11. The van der Waals surface area contributed by atoms with Crippen molar-refractivity contribution in [3.63, 3.8) is 0 Å². The number of pyridine rings is 1. The summed E-state index contributed by atoms with van der Waals surface area (Å²) < 4.78 is 7.32. The number of morpholine rings is 1. The van der Waals surface area contributed by atoms with Gasteiger partial charge in [0.2, 0.25) is 5.95 Å². The molecule has 3 aromatic heterocycles. The molecule has 0 unspecified atom stereocenters. The highest BCUT2D eigenvalue weighted by Gasteiger charge is 2.19. The molecule has 29 heavy (non-hydrogen) atoms. The van der Waals surface area contributed by atoms with Crippen LogP contribution < -0.4 is 21.1 Å². The van der Waals surface area contributed by atoms with E-state index in [4.69, 9.17) is 27.9 Å². The van der Waals surface area contributed by atoms with E-state index >= 15 is 0 Å². The Labute approximate surface area is 176 Å². The zero-order valence-electron chi connectivity index (χ0n) is 15.4. The Hall–Kier alpha value is -2.82. The molecule has 0 spiro atoms. The fourth-order valence-corrected chi connectivity index (χ4v) is 3.47. The molecule has 4 rings (SSSR count). The van der Waals surface area contributed by atoms with Gasteiger partial charge < -0.3 is 19.5 Å². The summed E-state index contributed by atoms with van der Waals surface area (Å²) in [7, 11) is 1.90. The molecule has 10 nitrogen and oxygen atoms in total. The lowest BCUT2D eigenvalue weighted by molar-refractivity contribution is 0.122. The molecule has 0 atom stereocenters. The molecule has 152 valence electrons. The SMILES string of the molecule is Cn1ccc2c(N3CCOCC3)nc(NNC(=O)Nc3cc(Cl)nc(Cl)c3)nc21. The van der Waals surface area contributed by atoms with Gasteiger partial charge in [-0.15, -0.1) is 0 Å². The number of hydrazine groups is 1. The Bertz CT molecular complexity index is 1030. The lowest BCUT2D eigenvalue weighted by Crippen LogP contribution is -2.38. The second kappa shape index (κ2) is 8.27. The number of aromatic nitrogens is 4. The highest BCUT2D eigenvalue weighted by Crippen LogP contribution is 2.26. The first kappa shape index (κ1) is 19.5. The topological polar surface area (TPSA) is 109 Å². The van der Waals surface area contributed by atoms with Crippen LogP contribution in [0.5, 0.6) is 0 Å². The fraction of sp³-hybridized carbons (Fsp3) is 0.294. The molecule has 0 aromatic carbocycles. The predicted octanol–water partition coefficient (Wildman–Crippen LogP) is 2.66. The van der Waals surface area contributed by atoms with Crippen LogP contribution in [0.3, 0.4) is 0 Å². The van der Waals surface area contributed by atoms with Gasteiger partial charge in [-0.25, -0.2) is 15.2 Å². The Kier molecular flexibility index (Phi) is 5.56. The van der Waals surface area contributed by atoms with E-state index in [0.29, 0.717) is 18.9 Å². The number of ether oxygens (including phenoxy) is 1. The monoisotopic (exact) mass is 436 g/mol. The molecule has 1 aliphatic rings. The summed E-state index contributed by atoms with van der Waals surface area (Å²) in [6.07, 6.45) is 1.92. The molecule has 1 aliphatic heterocycles. The Balaban J connectivity index is 1.51. The van der Waals surface area contributed by atoms with Crippen LogP contribution in [-0.2, 0) is 11.8 Å². The maximum Gasteiger partial charge on any atom is 0.337 e. The van der Waals surface area contributed by atoms with E-state index in [0.717, 1.165) is 29.9 Å². The van der Waals surface area contributed by atoms with Crippen molar-refractivity contribution in [2.45, 2.75) is 0 Å². The van der Waals surface area contributed by atoms with E-state index < -0.39 is 6.03 Å². The number of hydrogen-bond donors (Lipinski definition) is 3. The maximum absolute atomic E-state index is 12.2. The van der Waals surface area contributed by atoms with E-state index in [1.807, 2.05) is 23.9 Å². The van der Waals surface area contributed by atoms with Crippen LogP contribution in [0.4, 0.5) is 22.2 Å². The Morgan fingerprint density at radius 3 is 2.59 bits per heavy atom. The van der Waals surface area contributed by atoms with E-state index in [1.54, 1.807) is 0 Å². The van der Waals surface area contributed by atoms with Crippen molar-refractivity contribution in [1.82, 2.24) is 24.9 Å². The van der Waals surface area contributed by atoms with Gasteiger partial charge in [-0.05, 0) is 18.2 Å². The smallest absolute Gasteiger partial charge is 0.337 e. The maximum atomic E-state index is 12.2. The van der Waals surface area contributed by atoms with Crippen molar-refractivity contribution in [3.05, 3.63) is 34.7 Å². The third-order valence-corrected chi connectivity index (χ3v) is 4.71. The van der Waals surface area contributed by atoms with Gasteiger partial charge in [0.25, 0.3) is 0 Å². The van der Waals surface area contributed by atoms with Gasteiger partial charge in [0.05, 0.1) is 18.6 Å². The summed E-state index contributed by atoms with van der Waals surface area (Å²) in [5, 5.41) is 3.89. The van der Waals surface area contributed by atoms with Crippen molar-refractivity contribution in [2.75, 3.05) is 41.9 Å². The minimum atomic E-state index is -0.535. The standard InChI is InChI=1S/C17H18Cl2N8O2/c1-26-3-2-11-14(26)22-16(23-15(11)27-4-6-29-7-5-27)24-25-17(28)20-10-8-12(18)21-13(19)9-10/h2-3,8-9H,4-7H2,1H3,(H,22,23,24)(H2,20,21,25,28). The number of carbonyl (C=O) groups excluding carboxylic acids is 1. The summed E-state index contributed by atoms with van der Waals surface area (Å²) in [6.45, 7) is 2.74. The van der Waals surface area contributed by atoms with Crippen LogP contribution in [0.2, 0.25) is 10.3 Å². The lowest BCUT2D eigenvalue weighted by atomic mass is 10.3. The largest absolute Gasteiger partial charge is 0.378 e. The van der Waals surface area contributed by atoms with Gasteiger partial charge in [-0.1, -0.05) is 23.2 Å². The molecular weight excluding hydrogens is 419 g/mol. The van der Waals surface area contributed by atoms with E-state index in [9.17, 15) is 4.79 Å². The fourth-order valence-electron chi connectivity index (χ4n) is 3.01. The first-order valence-electron chi connectivity index (χ1n) is 8.81. The molecule has 0 radical (unpaired) electrons. The number of nitrogens with zero attached hydrogens (tertiary/aromatic N) is 5. The van der Waals surface area contributed by atoms with E-state index in [-0.39, 0.29) is 16.3 Å². The van der Waals surface area contributed by atoms with E-state index in [1.165, 1.54) is 12.1 Å². The van der Waals surface area contributed by atoms with Gasteiger partial charge in [0.1, 0.15) is 21.8 Å². The second-order valence-electron chi connectivity index (χ2n) is 6.34. The highest BCUT2D eigenvalue weighted by molar-refractivity contribution is 6.33. The Morgan fingerprint density at radius 2 is 1.86 bits per heavy atom. The first-order chi connectivity index (χ1) is 14.0. The van der Waals surface area contributed by atoms with Crippen molar-refractivity contribution in [2.24, 2.45) is 7.05 Å². The van der Waals surface area contributed by atoms with Crippen molar-refractivity contribution >= 4 is 57.7 Å². The lowest BCUT2D eigenvalue weighted by Gasteiger charge is -2.28. The average Bonchev–Trinajstić information content (AvgIpc) is 3.06. The average molecular weight is 437 g/mol. The molecule has 3 aromatic rings. The summed E-state index contributed by atoms with van der Waals surface area (Å²) in [4.78, 5) is 27.2. The van der Waals surface area contributed by atoms with Gasteiger partial charge in [-0.2, -0.15) is 9.97 Å². The number of urea groups is 1. The number of fused-ring (bicyclic) bond motifs is 1. The van der Waals surface area contributed by atoms with Crippen LogP contribution in [0, 0.1) is 0 Å².